The number of carbonyl (C=O) groups excluding carboxylic acids is 2. The molecule has 0 aliphatic heterocycles. The molecule has 0 spiro atoms. The van der Waals surface area contributed by atoms with Gasteiger partial charge in [0.05, 0.1) is 23.7 Å². The Morgan fingerprint density at radius 3 is 2.00 bits per heavy atom. The SMILES string of the molecule is C=C/C(=C(\C=C/C)C(C(=O)OCC)C(=O)OCC)[N+](=O)[O-]. The van der Waals surface area contributed by atoms with Crippen LogP contribution in [-0.4, -0.2) is 30.1 Å². The van der Waals surface area contributed by atoms with E-state index in [1.54, 1.807) is 20.8 Å². The minimum atomic E-state index is -1.51. The van der Waals surface area contributed by atoms with Crippen LogP contribution in [0, 0.1) is 16.0 Å². The second kappa shape index (κ2) is 9.46. The Balaban J connectivity index is 6.03. The maximum Gasteiger partial charge on any atom is 0.325 e. The molecule has 7 nitrogen and oxygen atoms in total. The van der Waals surface area contributed by atoms with Crippen molar-refractivity contribution in [3.63, 3.8) is 0 Å². The standard InChI is InChI=1S/C14H19NO6/c1-5-9-10(11(6-2)15(18)19)12(13(16)20-7-3)14(17)21-8-4/h5-6,9,12H,2,7-8H2,1,3-4H3/b9-5-,11-10-. The van der Waals surface area contributed by atoms with Crippen molar-refractivity contribution < 1.29 is 24.0 Å². The number of esters is 2. The topological polar surface area (TPSA) is 95.7 Å². The van der Waals surface area contributed by atoms with E-state index in [0.717, 1.165) is 6.08 Å². The minimum Gasteiger partial charge on any atom is -0.465 e. The predicted octanol–water partition coefficient (Wildman–Crippen LogP) is 2.02. The number of nitrogens with zero attached hydrogens (tertiary/aromatic N) is 1. The molecule has 0 aromatic heterocycles. The third kappa shape index (κ3) is 5.21. The first-order valence-electron chi connectivity index (χ1n) is 6.41. The van der Waals surface area contributed by atoms with E-state index in [1.165, 1.54) is 12.2 Å². The highest BCUT2D eigenvalue weighted by molar-refractivity contribution is 5.99. The van der Waals surface area contributed by atoms with Crippen molar-refractivity contribution in [1.29, 1.82) is 0 Å². The molecule has 0 fully saturated rings. The average molecular weight is 297 g/mol. The van der Waals surface area contributed by atoms with E-state index >= 15 is 0 Å². The summed E-state index contributed by atoms with van der Waals surface area (Å²) in [4.78, 5) is 34.3. The van der Waals surface area contributed by atoms with E-state index < -0.39 is 28.5 Å². The van der Waals surface area contributed by atoms with Crippen LogP contribution in [0.5, 0.6) is 0 Å². The predicted molar refractivity (Wildman–Crippen MR) is 75.8 cm³/mol. The zero-order chi connectivity index (χ0) is 16.4. The highest BCUT2D eigenvalue weighted by atomic mass is 16.6. The number of hydrogen-bond donors (Lipinski definition) is 0. The number of rotatable bonds is 8. The van der Waals surface area contributed by atoms with Crippen LogP contribution in [0.15, 0.2) is 36.1 Å². The van der Waals surface area contributed by atoms with Crippen LogP contribution < -0.4 is 0 Å². The Morgan fingerprint density at radius 1 is 1.24 bits per heavy atom. The van der Waals surface area contributed by atoms with Crippen molar-refractivity contribution in [2.45, 2.75) is 20.8 Å². The summed E-state index contributed by atoms with van der Waals surface area (Å²) in [7, 11) is 0. The molecule has 0 N–H and O–H groups in total. The van der Waals surface area contributed by atoms with Crippen LogP contribution in [0.3, 0.4) is 0 Å². The van der Waals surface area contributed by atoms with Crippen molar-refractivity contribution in [1.82, 2.24) is 0 Å². The maximum atomic E-state index is 12.0. The van der Waals surface area contributed by atoms with Crippen molar-refractivity contribution in [2.75, 3.05) is 13.2 Å². The first-order chi connectivity index (χ1) is 9.94. The summed E-state index contributed by atoms with van der Waals surface area (Å²) < 4.78 is 9.62. The molecule has 0 atom stereocenters. The molecule has 0 heterocycles. The molecule has 0 saturated heterocycles. The number of carbonyl (C=O) groups is 2. The summed E-state index contributed by atoms with van der Waals surface area (Å²) in [6, 6.07) is 0. The van der Waals surface area contributed by atoms with Crippen LogP contribution in [0.25, 0.3) is 0 Å². The van der Waals surface area contributed by atoms with Crippen LogP contribution in [0.4, 0.5) is 0 Å². The summed E-state index contributed by atoms with van der Waals surface area (Å²) in [5.41, 5.74) is -0.561. The third-order valence-corrected chi connectivity index (χ3v) is 2.39. The molecule has 116 valence electrons. The Hall–Kier alpha value is -2.44. The number of ether oxygens (including phenoxy) is 2. The van der Waals surface area contributed by atoms with Gasteiger partial charge in [-0.3, -0.25) is 19.7 Å². The Labute approximate surface area is 123 Å². The Morgan fingerprint density at radius 2 is 1.71 bits per heavy atom. The van der Waals surface area contributed by atoms with Gasteiger partial charge in [0.25, 0.3) is 5.70 Å². The van der Waals surface area contributed by atoms with Gasteiger partial charge >= 0.3 is 11.9 Å². The summed E-state index contributed by atoms with van der Waals surface area (Å²) in [6.07, 6.45) is 3.76. The van der Waals surface area contributed by atoms with Gasteiger partial charge in [0.15, 0.2) is 5.92 Å². The fraction of sp³-hybridized carbons (Fsp3) is 0.429. The third-order valence-electron chi connectivity index (χ3n) is 2.39. The molecular formula is C14H19NO6. The fourth-order valence-corrected chi connectivity index (χ4v) is 1.61. The van der Waals surface area contributed by atoms with Crippen LogP contribution in [-0.2, 0) is 19.1 Å². The van der Waals surface area contributed by atoms with Crippen LogP contribution in [0.1, 0.15) is 20.8 Å². The van der Waals surface area contributed by atoms with Gasteiger partial charge in [-0.1, -0.05) is 18.7 Å². The summed E-state index contributed by atoms with van der Waals surface area (Å²) >= 11 is 0. The van der Waals surface area contributed by atoms with E-state index in [4.69, 9.17) is 9.47 Å². The quantitative estimate of drug-likeness (QED) is 0.223. The molecule has 0 saturated carbocycles. The molecular weight excluding hydrogens is 278 g/mol. The zero-order valence-electron chi connectivity index (χ0n) is 12.3. The zero-order valence-corrected chi connectivity index (χ0v) is 12.3. The van der Waals surface area contributed by atoms with Crippen LogP contribution in [0.2, 0.25) is 0 Å². The molecule has 0 aliphatic carbocycles. The molecule has 7 heteroatoms. The number of allylic oxidation sites excluding steroid dienone is 3. The first kappa shape index (κ1) is 18.6. The van der Waals surface area contributed by atoms with Gasteiger partial charge in [-0.15, -0.1) is 0 Å². The Kier molecular flexibility index (Phi) is 8.36. The molecule has 0 radical (unpaired) electrons. The second-order valence-electron chi connectivity index (χ2n) is 3.74. The van der Waals surface area contributed by atoms with Gasteiger partial charge in [0.2, 0.25) is 0 Å². The lowest BCUT2D eigenvalue weighted by atomic mass is 9.96. The van der Waals surface area contributed by atoms with E-state index in [0.29, 0.717) is 0 Å². The molecule has 0 unspecified atom stereocenters. The monoisotopic (exact) mass is 297 g/mol. The van der Waals surface area contributed by atoms with Gasteiger partial charge < -0.3 is 9.47 Å². The van der Waals surface area contributed by atoms with Crippen molar-refractivity contribution >= 4 is 11.9 Å². The van der Waals surface area contributed by atoms with Crippen molar-refractivity contribution in [3.05, 3.63) is 46.2 Å². The summed E-state index contributed by atoms with van der Waals surface area (Å²) in [5, 5.41) is 11.1. The fourth-order valence-electron chi connectivity index (χ4n) is 1.61. The lowest BCUT2D eigenvalue weighted by Gasteiger charge is -2.15. The molecule has 0 aromatic carbocycles. The first-order valence-corrected chi connectivity index (χ1v) is 6.41. The molecule has 0 aliphatic rings. The van der Waals surface area contributed by atoms with Crippen molar-refractivity contribution in [2.24, 2.45) is 5.92 Å². The molecule has 0 aromatic rings. The van der Waals surface area contributed by atoms with E-state index in [1.807, 2.05) is 0 Å². The minimum absolute atomic E-state index is 0.0414. The molecule has 0 amide bonds. The smallest absolute Gasteiger partial charge is 0.325 e. The molecule has 21 heavy (non-hydrogen) atoms. The largest absolute Gasteiger partial charge is 0.465 e. The number of hydrogen-bond acceptors (Lipinski definition) is 6. The Bertz CT molecular complexity index is 460. The number of nitro groups is 1. The summed E-state index contributed by atoms with van der Waals surface area (Å²) in [6.45, 7) is 8.17. The molecule has 0 rings (SSSR count). The highest BCUT2D eigenvalue weighted by Gasteiger charge is 2.36. The van der Waals surface area contributed by atoms with E-state index in [9.17, 15) is 19.7 Å². The van der Waals surface area contributed by atoms with Crippen molar-refractivity contribution in [3.8, 4) is 0 Å². The van der Waals surface area contributed by atoms with Gasteiger partial charge in [-0.25, -0.2) is 0 Å². The maximum absolute atomic E-state index is 12.0. The lowest BCUT2D eigenvalue weighted by Crippen LogP contribution is -2.30. The summed E-state index contributed by atoms with van der Waals surface area (Å²) in [5.74, 6) is -3.31. The average Bonchev–Trinajstić information content (AvgIpc) is 2.40. The second-order valence-corrected chi connectivity index (χ2v) is 3.74. The van der Waals surface area contributed by atoms with E-state index in [-0.39, 0.29) is 18.8 Å². The normalized spacial score (nSPS) is 12.0. The highest BCUT2D eigenvalue weighted by Crippen LogP contribution is 2.22. The van der Waals surface area contributed by atoms with Gasteiger partial charge in [0, 0.05) is 6.08 Å². The van der Waals surface area contributed by atoms with Crippen LogP contribution >= 0.6 is 0 Å². The van der Waals surface area contributed by atoms with Gasteiger partial charge in [-0.05, 0) is 20.8 Å². The molecule has 0 bridgehead atoms. The lowest BCUT2D eigenvalue weighted by molar-refractivity contribution is -0.420. The van der Waals surface area contributed by atoms with E-state index in [2.05, 4.69) is 6.58 Å². The van der Waals surface area contributed by atoms with Gasteiger partial charge in [-0.2, -0.15) is 0 Å². The van der Waals surface area contributed by atoms with Gasteiger partial charge in [0.1, 0.15) is 0 Å².